The lowest BCUT2D eigenvalue weighted by Crippen LogP contribution is -2.37. The van der Waals surface area contributed by atoms with Crippen LogP contribution in [0.15, 0.2) is 18.2 Å². The number of nitrogens with zero attached hydrogens (tertiary/aromatic N) is 2. The van der Waals surface area contributed by atoms with E-state index < -0.39 is 10.9 Å². The predicted molar refractivity (Wildman–Crippen MR) is 76.9 cm³/mol. The molecule has 0 unspecified atom stereocenters. The minimum absolute atomic E-state index is 0.0385. The number of carboxylic acid groups (broad SMARTS) is 1. The Hall–Kier alpha value is -1.86. The highest BCUT2D eigenvalue weighted by Crippen LogP contribution is 2.31. The van der Waals surface area contributed by atoms with Gasteiger partial charge < -0.3 is 14.7 Å². The van der Waals surface area contributed by atoms with Crippen LogP contribution in [0.5, 0.6) is 0 Å². The van der Waals surface area contributed by atoms with Crippen molar-refractivity contribution in [2.75, 3.05) is 24.6 Å². The Kier molecular flexibility index (Phi) is 4.98. The van der Waals surface area contributed by atoms with Gasteiger partial charge in [0.25, 0.3) is 5.69 Å². The molecule has 7 nitrogen and oxygen atoms in total. The molecule has 0 aliphatic carbocycles. The van der Waals surface area contributed by atoms with Gasteiger partial charge in [0.15, 0.2) is 0 Å². The summed E-state index contributed by atoms with van der Waals surface area (Å²) in [4.78, 5) is 22.7. The standard InChI is InChI=1S/C13H15ClN2O5/c14-11-7-9(16(19)20)1-2-12(11)15-5-3-10(4-6-15)21-8-13(17)18/h1-2,7,10H,3-6,8H2,(H,17,18). The molecular weight excluding hydrogens is 300 g/mol. The maximum absolute atomic E-state index is 10.7. The van der Waals surface area contributed by atoms with Crippen LogP contribution in [0.4, 0.5) is 11.4 Å². The van der Waals surface area contributed by atoms with E-state index >= 15 is 0 Å². The number of non-ortho nitro benzene ring substituents is 1. The molecule has 1 heterocycles. The molecule has 114 valence electrons. The molecule has 0 radical (unpaired) electrons. The summed E-state index contributed by atoms with van der Waals surface area (Å²) in [6, 6.07) is 4.40. The number of nitro benzene ring substituents is 1. The summed E-state index contributed by atoms with van der Waals surface area (Å²) in [7, 11) is 0. The van der Waals surface area contributed by atoms with Crippen LogP contribution in [0.2, 0.25) is 5.02 Å². The highest BCUT2D eigenvalue weighted by atomic mass is 35.5. The van der Waals surface area contributed by atoms with Crippen molar-refractivity contribution in [2.45, 2.75) is 18.9 Å². The molecule has 2 rings (SSSR count). The van der Waals surface area contributed by atoms with E-state index in [4.69, 9.17) is 21.4 Å². The van der Waals surface area contributed by atoms with Crippen molar-refractivity contribution in [3.8, 4) is 0 Å². The van der Waals surface area contributed by atoms with Crippen molar-refractivity contribution in [1.29, 1.82) is 0 Å². The number of piperidine rings is 1. The molecule has 21 heavy (non-hydrogen) atoms. The number of nitro groups is 1. The Labute approximate surface area is 126 Å². The first-order valence-electron chi connectivity index (χ1n) is 6.49. The molecule has 1 fully saturated rings. The molecule has 0 spiro atoms. The number of ether oxygens (including phenoxy) is 1. The summed E-state index contributed by atoms with van der Waals surface area (Å²) in [6.07, 6.45) is 1.32. The van der Waals surface area contributed by atoms with Gasteiger partial charge in [-0.2, -0.15) is 0 Å². The number of hydrogen-bond acceptors (Lipinski definition) is 5. The van der Waals surface area contributed by atoms with Gasteiger partial charge in [0.1, 0.15) is 6.61 Å². The van der Waals surface area contributed by atoms with Crippen molar-refractivity contribution in [2.24, 2.45) is 0 Å². The average molecular weight is 315 g/mol. The van der Waals surface area contributed by atoms with Gasteiger partial charge in [-0.05, 0) is 18.9 Å². The number of carboxylic acids is 1. The molecule has 8 heteroatoms. The second-order valence-electron chi connectivity index (χ2n) is 4.78. The summed E-state index contributed by atoms with van der Waals surface area (Å²) < 4.78 is 5.26. The largest absolute Gasteiger partial charge is 0.480 e. The second-order valence-corrected chi connectivity index (χ2v) is 5.19. The van der Waals surface area contributed by atoms with Crippen LogP contribution in [-0.4, -0.2) is 41.8 Å². The Morgan fingerprint density at radius 2 is 2.14 bits per heavy atom. The van der Waals surface area contributed by atoms with Crippen LogP contribution in [0, 0.1) is 10.1 Å². The highest BCUT2D eigenvalue weighted by Gasteiger charge is 2.22. The van der Waals surface area contributed by atoms with Gasteiger partial charge in [-0.3, -0.25) is 10.1 Å². The lowest BCUT2D eigenvalue weighted by molar-refractivity contribution is -0.384. The first kappa shape index (κ1) is 15.5. The Bertz CT molecular complexity index is 543. The SMILES string of the molecule is O=C(O)COC1CCN(c2ccc([N+](=O)[O-])cc2Cl)CC1. The number of halogens is 1. The molecule has 0 saturated carbocycles. The summed E-state index contributed by atoms with van der Waals surface area (Å²) in [5, 5.41) is 19.6. The average Bonchev–Trinajstić information content (AvgIpc) is 2.45. The van der Waals surface area contributed by atoms with Crippen LogP contribution in [0.1, 0.15) is 12.8 Å². The minimum atomic E-state index is -0.976. The van der Waals surface area contributed by atoms with Gasteiger partial charge in [-0.15, -0.1) is 0 Å². The summed E-state index contributed by atoms with van der Waals surface area (Å²) in [5.41, 5.74) is 0.711. The van der Waals surface area contributed by atoms with Crippen LogP contribution < -0.4 is 4.90 Å². The van der Waals surface area contributed by atoms with E-state index in [-0.39, 0.29) is 18.4 Å². The monoisotopic (exact) mass is 314 g/mol. The van der Waals surface area contributed by atoms with Gasteiger partial charge in [0, 0.05) is 25.2 Å². The van der Waals surface area contributed by atoms with Crippen LogP contribution in [0.25, 0.3) is 0 Å². The van der Waals surface area contributed by atoms with Gasteiger partial charge in [-0.1, -0.05) is 11.6 Å². The second kappa shape index (κ2) is 6.73. The molecule has 1 aromatic carbocycles. The van der Waals surface area contributed by atoms with Crippen LogP contribution >= 0.6 is 11.6 Å². The molecule has 1 N–H and O–H groups in total. The zero-order valence-corrected chi connectivity index (χ0v) is 12.0. The first-order chi connectivity index (χ1) is 9.97. The topological polar surface area (TPSA) is 92.9 Å². The van der Waals surface area contributed by atoms with E-state index in [0.717, 1.165) is 5.69 Å². The van der Waals surface area contributed by atoms with E-state index in [1.807, 2.05) is 4.90 Å². The fraction of sp³-hybridized carbons (Fsp3) is 0.462. The molecule has 1 aliphatic heterocycles. The van der Waals surface area contributed by atoms with Crippen molar-refractivity contribution in [3.05, 3.63) is 33.3 Å². The molecule has 1 saturated heterocycles. The van der Waals surface area contributed by atoms with Crippen LogP contribution in [-0.2, 0) is 9.53 Å². The molecule has 0 amide bonds. The Balaban J connectivity index is 1.96. The van der Waals surface area contributed by atoms with Crippen LogP contribution in [0.3, 0.4) is 0 Å². The zero-order valence-electron chi connectivity index (χ0n) is 11.2. The number of hydrogen-bond donors (Lipinski definition) is 1. The van der Waals surface area contributed by atoms with E-state index in [1.54, 1.807) is 6.07 Å². The fourth-order valence-electron chi connectivity index (χ4n) is 2.32. The lowest BCUT2D eigenvalue weighted by atomic mass is 10.1. The fourth-order valence-corrected chi connectivity index (χ4v) is 2.61. The first-order valence-corrected chi connectivity index (χ1v) is 6.87. The molecule has 1 aliphatic rings. The number of benzene rings is 1. The van der Waals surface area contributed by atoms with E-state index in [9.17, 15) is 14.9 Å². The number of aliphatic carboxylic acids is 1. The zero-order chi connectivity index (χ0) is 15.4. The van der Waals surface area contributed by atoms with Gasteiger partial charge in [0.05, 0.1) is 21.7 Å². The summed E-state index contributed by atoms with van der Waals surface area (Å²) >= 11 is 6.09. The molecule has 0 aromatic heterocycles. The Morgan fingerprint density at radius 1 is 1.48 bits per heavy atom. The van der Waals surface area contributed by atoms with E-state index in [0.29, 0.717) is 31.0 Å². The van der Waals surface area contributed by atoms with Crippen molar-refractivity contribution in [3.63, 3.8) is 0 Å². The van der Waals surface area contributed by atoms with Gasteiger partial charge >= 0.3 is 5.97 Å². The Morgan fingerprint density at radius 3 is 2.67 bits per heavy atom. The molecule has 0 atom stereocenters. The normalized spacial score (nSPS) is 16.0. The lowest BCUT2D eigenvalue weighted by Gasteiger charge is -2.33. The summed E-state index contributed by atoms with van der Waals surface area (Å²) in [5.74, 6) is -0.976. The van der Waals surface area contributed by atoms with Crippen molar-refractivity contribution >= 4 is 28.9 Å². The molecular formula is C13H15ClN2O5. The van der Waals surface area contributed by atoms with Gasteiger partial charge in [-0.25, -0.2) is 4.79 Å². The maximum atomic E-state index is 10.7. The smallest absolute Gasteiger partial charge is 0.329 e. The summed E-state index contributed by atoms with van der Waals surface area (Å²) in [6.45, 7) is 1.05. The molecule has 0 bridgehead atoms. The quantitative estimate of drug-likeness (QED) is 0.662. The maximum Gasteiger partial charge on any atom is 0.329 e. The minimum Gasteiger partial charge on any atom is -0.480 e. The molecule has 1 aromatic rings. The predicted octanol–water partition coefficient (Wildman–Crippen LogP) is 2.32. The number of carbonyl (C=O) groups is 1. The third-order valence-electron chi connectivity index (χ3n) is 3.37. The van der Waals surface area contributed by atoms with E-state index in [1.165, 1.54) is 12.1 Å². The number of anilines is 1. The van der Waals surface area contributed by atoms with Gasteiger partial charge in [0.2, 0.25) is 0 Å². The van der Waals surface area contributed by atoms with E-state index in [2.05, 4.69) is 0 Å². The highest BCUT2D eigenvalue weighted by molar-refractivity contribution is 6.33. The third-order valence-corrected chi connectivity index (χ3v) is 3.67. The van der Waals surface area contributed by atoms with Crippen molar-refractivity contribution in [1.82, 2.24) is 0 Å². The number of rotatable bonds is 5. The van der Waals surface area contributed by atoms with Crippen molar-refractivity contribution < 1.29 is 19.6 Å². The third kappa shape index (κ3) is 4.05.